The third-order valence-corrected chi connectivity index (χ3v) is 17.5. The van der Waals surface area contributed by atoms with Crippen LogP contribution in [0.1, 0.15) is 132 Å². The van der Waals surface area contributed by atoms with Crippen LogP contribution in [0.3, 0.4) is 0 Å². The molecule has 290 valence electrons. The Bertz CT molecular complexity index is 1460. The van der Waals surface area contributed by atoms with Crippen LogP contribution in [0, 0.1) is 68.0 Å². The highest BCUT2D eigenvalue weighted by atomic mass is 16.5. The average Bonchev–Trinajstić information content (AvgIpc) is 3.11. The van der Waals surface area contributed by atoms with Crippen LogP contribution in [0.15, 0.2) is 42.0 Å². The van der Waals surface area contributed by atoms with Gasteiger partial charge in [-0.2, -0.15) is 0 Å². The normalized spacial score (nSPS) is 43.0. The number of hydrogen-bond donors (Lipinski definition) is 0. The van der Waals surface area contributed by atoms with Crippen molar-refractivity contribution >= 4 is 5.97 Å². The predicted octanol–water partition coefficient (Wildman–Crippen LogP) is 10.9. The van der Waals surface area contributed by atoms with Crippen molar-refractivity contribution in [1.82, 2.24) is 0 Å². The molecule has 0 radical (unpaired) electrons. The first-order chi connectivity index (χ1) is 24.7. The van der Waals surface area contributed by atoms with Crippen LogP contribution in [-0.4, -0.2) is 45.1 Å². The first-order valence-corrected chi connectivity index (χ1v) is 21.4. The SMILES string of the molecule is CCCC1(CO[C@H]2[C@H](C)C[C@@]34COC[C@]2(C)[C@@H]3CC[C@H]2C4=CC[C@@]3(C)[C@H](C(=O)OCc4ccccc4)[C@@](C)([C@H](C)C(C)C)CC[C@]23C)CCOCC1. The van der Waals surface area contributed by atoms with Crippen LogP contribution in [0.2, 0.25) is 0 Å². The van der Waals surface area contributed by atoms with Gasteiger partial charge in [0.25, 0.3) is 0 Å². The molecule has 2 saturated heterocycles. The third-order valence-electron chi connectivity index (χ3n) is 17.5. The smallest absolute Gasteiger partial charge is 0.310 e. The number of ether oxygens (including phenoxy) is 4. The number of carbonyl (C=O) groups is 1. The van der Waals surface area contributed by atoms with Gasteiger partial charge >= 0.3 is 5.97 Å². The molecule has 4 aliphatic carbocycles. The van der Waals surface area contributed by atoms with Crippen LogP contribution >= 0.6 is 0 Å². The van der Waals surface area contributed by atoms with Gasteiger partial charge in [0.2, 0.25) is 0 Å². The minimum Gasteiger partial charge on any atom is -0.461 e. The van der Waals surface area contributed by atoms with Gasteiger partial charge in [-0.15, -0.1) is 0 Å². The van der Waals surface area contributed by atoms with Crippen LogP contribution in [0.4, 0.5) is 0 Å². The van der Waals surface area contributed by atoms with Crippen molar-refractivity contribution in [2.75, 3.05) is 33.0 Å². The average molecular weight is 717 g/mol. The maximum absolute atomic E-state index is 14.8. The quantitative estimate of drug-likeness (QED) is 0.178. The van der Waals surface area contributed by atoms with E-state index >= 15 is 0 Å². The van der Waals surface area contributed by atoms with Crippen LogP contribution in [0.25, 0.3) is 0 Å². The van der Waals surface area contributed by atoms with Crippen molar-refractivity contribution in [3.8, 4) is 0 Å². The molecule has 11 atom stereocenters. The van der Waals surface area contributed by atoms with Crippen LogP contribution in [0.5, 0.6) is 0 Å². The molecule has 0 N–H and O–H groups in total. The fourth-order valence-electron chi connectivity index (χ4n) is 14.2. The molecule has 0 amide bonds. The van der Waals surface area contributed by atoms with E-state index in [9.17, 15) is 4.79 Å². The number of esters is 1. The predicted molar refractivity (Wildman–Crippen MR) is 208 cm³/mol. The van der Waals surface area contributed by atoms with E-state index in [-0.39, 0.29) is 50.5 Å². The summed E-state index contributed by atoms with van der Waals surface area (Å²) in [6.07, 6.45) is 14.2. The van der Waals surface area contributed by atoms with E-state index in [4.69, 9.17) is 18.9 Å². The summed E-state index contributed by atoms with van der Waals surface area (Å²) >= 11 is 0. The van der Waals surface area contributed by atoms with Crippen molar-refractivity contribution < 1.29 is 23.7 Å². The van der Waals surface area contributed by atoms with E-state index in [1.54, 1.807) is 5.57 Å². The molecule has 5 heteroatoms. The fraction of sp³-hybridized carbons (Fsp3) is 0.809. The molecule has 0 unspecified atom stereocenters. The van der Waals surface area contributed by atoms with Crippen molar-refractivity contribution in [3.05, 3.63) is 47.5 Å². The Labute approximate surface area is 316 Å². The zero-order chi connectivity index (χ0) is 37.2. The van der Waals surface area contributed by atoms with E-state index in [1.165, 1.54) is 25.7 Å². The largest absolute Gasteiger partial charge is 0.461 e. The Morgan fingerprint density at radius 3 is 2.35 bits per heavy atom. The van der Waals surface area contributed by atoms with Gasteiger partial charge in [-0.05, 0) is 115 Å². The molecule has 0 aromatic heterocycles. The standard InChI is InChI=1S/C47H72O5/c1-10-19-46(23-25-49-26-24-46)30-52-40-33(4)27-47-31-50-29-43(40,7)38(47)17-16-36-37(47)18-20-45(9)39(41(48)51-28-35-14-12-11-13-15-35)42(6,34(5)32(2)3)21-22-44(36,45)8/h11-15,18,32-34,36,38-40H,10,16-17,19-31H2,1-9H3/t33-,34-,36+,38+,39-,40+,42-,43-,44-,45+,47+/m1/s1. The molecule has 6 aliphatic rings. The number of carbonyl (C=O) groups excluding carboxylic acids is 1. The monoisotopic (exact) mass is 717 g/mol. The molecule has 5 fully saturated rings. The van der Waals surface area contributed by atoms with Crippen LogP contribution < -0.4 is 0 Å². The Kier molecular flexibility index (Phi) is 10.5. The maximum atomic E-state index is 14.8. The minimum atomic E-state index is -0.198. The lowest BCUT2D eigenvalue weighted by atomic mass is 9.34. The maximum Gasteiger partial charge on any atom is 0.310 e. The zero-order valence-corrected chi connectivity index (χ0v) is 34.4. The third kappa shape index (κ3) is 5.91. The van der Waals surface area contributed by atoms with Gasteiger partial charge in [-0.25, -0.2) is 0 Å². The lowest BCUT2D eigenvalue weighted by Crippen LogP contribution is -2.69. The summed E-state index contributed by atoms with van der Waals surface area (Å²) in [7, 11) is 0. The van der Waals surface area contributed by atoms with E-state index < -0.39 is 0 Å². The second kappa shape index (κ2) is 14.1. The van der Waals surface area contributed by atoms with Crippen molar-refractivity contribution in [2.45, 2.75) is 139 Å². The fourth-order valence-corrected chi connectivity index (χ4v) is 14.2. The molecule has 2 aliphatic heterocycles. The van der Waals surface area contributed by atoms with Gasteiger partial charge < -0.3 is 18.9 Å². The second-order valence-corrected chi connectivity index (χ2v) is 20.4. The summed E-state index contributed by atoms with van der Waals surface area (Å²) in [6.45, 7) is 26.5. The van der Waals surface area contributed by atoms with Crippen molar-refractivity contribution in [2.24, 2.45) is 68.0 Å². The van der Waals surface area contributed by atoms with Gasteiger partial charge in [0.1, 0.15) is 6.61 Å². The zero-order valence-electron chi connectivity index (χ0n) is 34.4. The summed E-state index contributed by atoms with van der Waals surface area (Å²) in [5.74, 6) is 2.23. The van der Waals surface area contributed by atoms with Gasteiger partial charge in [0.15, 0.2) is 0 Å². The summed E-state index contributed by atoms with van der Waals surface area (Å²) in [5, 5.41) is 0. The van der Waals surface area contributed by atoms with Gasteiger partial charge in [0, 0.05) is 24.0 Å². The second-order valence-electron chi connectivity index (χ2n) is 20.4. The molecule has 5 nitrogen and oxygen atoms in total. The molecule has 1 aromatic rings. The number of benzene rings is 1. The topological polar surface area (TPSA) is 54.0 Å². The molecular weight excluding hydrogens is 645 g/mol. The lowest BCUT2D eigenvalue weighted by molar-refractivity contribution is -0.256. The Balaban J connectivity index is 1.21. The van der Waals surface area contributed by atoms with E-state index in [0.717, 1.165) is 77.1 Å². The van der Waals surface area contributed by atoms with Gasteiger partial charge in [-0.1, -0.05) is 111 Å². The van der Waals surface area contributed by atoms with Crippen LogP contribution in [-0.2, 0) is 30.3 Å². The van der Waals surface area contributed by atoms with E-state index in [2.05, 4.69) is 80.5 Å². The molecule has 0 spiro atoms. The summed E-state index contributed by atoms with van der Waals surface area (Å²) in [6, 6.07) is 10.2. The number of hydrogen-bond acceptors (Lipinski definition) is 5. The molecule has 3 saturated carbocycles. The lowest BCUT2D eigenvalue weighted by Gasteiger charge is -2.71. The van der Waals surface area contributed by atoms with Crippen molar-refractivity contribution in [1.29, 1.82) is 0 Å². The Morgan fingerprint density at radius 1 is 0.923 bits per heavy atom. The van der Waals surface area contributed by atoms with E-state index in [0.29, 0.717) is 36.2 Å². The number of rotatable bonds is 10. The Morgan fingerprint density at radius 2 is 1.65 bits per heavy atom. The number of allylic oxidation sites excluding steroid dienone is 1. The molecule has 1 aromatic carbocycles. The molecule has 7 rings (SSSR count). The summed E-state index contributed by atoms with van der Waals surface area (Å²) in [4.78, 5) is 14.8. The minimum absolute atomic E-state index is 0.00344. The molecule has 2 heterocycles. The number of fused-ring (bicyclic) bond motifs is 3. The highest BCUT2D eigenvalue weighted by Crippen LogP contribution is 2.75. The first-order valence-electron chi connectivity index (χ1n) is 21.4. The van der Waals surface area contributed by atoms with E-state index in [1.807, 2.05) is 18.2 Å². The first kappa shape index (κ1) is 38.6. The Hall–Kier alpha value is -1.69. The van der Waals surface area contributed by atoms with Crippen molar-refractivity contribution in [3.63, 3.8) is 0 Å². The van der Waals surface area contributed by atoms with Gasteiger partial charge in [0.05, 0.1) is 31.8 Å². The summed E-state index contributed by atoms with van der Waals surface area (Å²) < 4.78 is 26.2. The molecule has 52 heavy (non-hydrogen) atoms. The molecule has 2 bridgehead atoms. The van der Waals surface area contributed by atoms with Gasteiger partial charge in [-0.3, -0.25) is 4.79 Å². The highest BCUT2D eigenvalue weighted by molar-refractivity contribution is 5.75. The summed E-state index contributed by atoms with van der Waals surface area (Å²) in [5.41, 5.74) is 2.70. The molecular formula is C47H72O5. The highest BCUT2D eigenvalue weighted by Gasteiger charge is 2.71.